The molecule has 73 heavy (non-hydrogen) atoms. The Hall–Kier alpha value is -5.06. The van der Waals surface area contributed by atoms with Crippen LogP contribution in [0.4, 0.5) is 34.1 Å². The van der Waals surface area contributed by atoms with Gasteiger partial charge in [-0.05, 0) is 230 Å². The molecule has 2 aliphatic heterocycles. The van der Waals surface area contributed by atoms with E-state index < -0.39 is 0 Å². The van der Waals surface area contributed by atoms with E-state index in [1.807, 2.05) is 0 Å². The van der Waals surface area contributed by atoms with Crippen molar-refractivity contribution in [1.29, 1.82) is 0 Å². The van der Waals surface area contributed by atoms with Gasteiger partial charge in [-0.3, -0.25) is 0 Å². The summed E-state index contributed by atoms with van der Waals surface area (Å²) < 4.78 is 2.94. The summed E-state index contributed by atoms with van der Waals surface area (Å²) in [6, 6.07) is 40.4. The highest BCUT2D eigenvalue weighted by Crippen LogP contribution is 2.58. The lowest BCUT2D eigenvalue weighted by Gasteiger charge is -2.46. The molecule has 374 valence electrons. The number of aryl methyl sites for hydroxylation is 2. The summed E-state index contributed by atoms with van der Waals surface area (Å²) in [4.78, 5) is 5.56. The third kappa shape index (κ3) is 6.92. The molecule has 1 fully saturated rings. The molecule has 1 saturated carbocycles. The van der Waals surface area contributed by atoms with E-state index in [1.165, 1.54) is 161 Å². The van der Waals surface area contributed by atoms with E-state index in [-0.39, 0.29) is 39.2 Å². The average molecular weight is 979 g/mol. The summed E-state index contributed by atoms with van der Waals surface area (Å²) in [5.41, 5.74) is 27.3. The molecule has 7 aliphatic rings. The molecule has 0 radical (unpaired) electrons. The highest BCUT2D eigenvalue weighted by Gasteiger charge is 2.49. The zero-order chi connectivity index (χ0) is 51.3. The molecule has 1 aromatic heterocycles. The summed E-state index contributed by atoms with van der Waals surface area (Å²) in [5.74, 6) is 1.34. The Labute approximate surface area is 443 Å². The van der Waals surface area contributed by atoms with Crippen LogP contribution in [0.2, 0.25) is 0 Å². The molecule has 0 spiro atoms. The Bertz CT molecular complexity index is 3500. The molecular formula is C69H79BN2S. The van der Waals surface area contributed by atoms with Crippen LogP contribution in [0.25, 0.3) is 21.2 Å². The molecule has 2 unspecified atom stereocenters. The maximum atomic E-state index is 2.80. The summed E-state index contributed by atoms with van der Waals surface area (Å²) in [6.07, 6.45) is 9.96. The number of thiophene rings is 1. The number of hydrogen-bond acceptors (Lipinski definition) is 3. The van der Waals surface area contributed by atoms with Gasteiger partial charge in [-0.1, -0.05) is 139 Å². The molecule has 0 amide bonds. The van der Waals surface area contributed by atoms with Gasteiger partial charge in [0.15, 0.2) is 0 Å². The fourth-order valence-corrected chi connectivity index (χ4v) is 16.8. The van der Waals surface area contributed by atoms with Crippen LogP contribution in [-0.2, 0) is 32.5 Å². The van der Waals surface area contributed by atoms with Gasteiger partial charge < -0.3 is 9.80 Å². The Balaban J connectivity index is 1.18. The maximum Gasteiger partial charge on any atom is 0.264 e. The lowest BCUT2D eigenvalue weighted by molar-refractivity contribution is 0.332. The van der Waals surface area contributed by atoms with E-state index in [2.05, 4.69) is 222 Å². The minimum Gasteiger partial charge on any atom is -0.311 e. The van der Waals surface area contributed by atoms with E-state index in [4.69, 9.17) is 0 Å². The highest BCUT2D eigenvalue weighted by molar-refractivity contribution is 7.33. The van der Waals surface area contributed by atoms with Gasteiger partial charge >= 0.3 is 0 Å². The first-order valence-electron chi connectivity index (χ1n) is 28.3. The molecule has 14 rings (SSSR count). The van der Waals surface area contributed by atoms with Gasteiger partial charge in [0.25, 0.3) is 6.71 Å². The van der Waals surface area contributed by atoms with Crippen molar-refractivity contribution >= 4 is 78.0 Å². The minimum absolute atomic E-state index is 0.0304. The van der Waals surface area contributed by atoms with E-state index in [1.54, 1.807) is 11.1 Å². The van der Waals surface area contributed by atoms with Gasteiger partial charge in [0, 0.05) is 43.3 Å². The quantitative estimate of drug-likeness (QED) is 0.163. The number of nitrogens with zero attached hydrogens (tertiary/aromatic N) is 2. The largest absolute Gasteiger partial charge is 0.311 e. The van der Waals surface area contributed by atoms with Gasteiger partial charge in [0.2, 0.25) is 0 Å². The maximum absolute atomic E-state index is 2.80. The normalized spacial score (nSPS) is 23.5. The van der Waals surface area contributed by atoms with Crippen LogP contribution >= 0.6 is 11.3 Å². The van der Waals surface area contributed by atoms with Crippen LogP contribution in [0.3, 0.4) is 0 Å². The van der Waals surface area contributed by atoms with Gasteiger partial charge in [-0.15, -0.1) is 11.3 Å². The lowest BCUT2D eigenvalue weighted by atomic mass is 9.36. The summed E-state index contributed by atoms with van der Waals surface area (Å²) >= 11 is 2.11. The smallest absolute Gasteiger partial charge is 0.264 e. The van der Waals surface area contributed by atoms with Gasteiger partial charge in [0.05, 0.1) is 5.69 Å². The molecule has 2 bridgehead atoms. The van der Waals surface area contributed by atoms with Crippen molar-refractivity contribution in [2.45, 2.75) is 194 Å². The van der Waals surface area contributed by atoms with E-state index in [0.29, 0.717) is 11.8 Å². The molecule has 6 aromatic carbocycles. The first-order chi connectivity index (χ1) is 34.4. The molecular weight excluding hydrogens is 900 g/mol. The molecule has 7 aromatic rings. The first-order valence-corrected chi connectivity index (χ1v) is 29.1. The fraction of sp³-hybridized carbons (Fsp3) is 0.449. The third-order valence-corrected chi connectivity index (χ3v) is 21.8. The Kier molecular flexibility index (Phi) is 10.1. The van der Waals surface area contributed by atoms with Crippen molar-refractivity contribution in [3.05, 3.63) is 147 Å². The van der Waals surface area contributed by atoms with Gasteiger partial charge in [0.1, 0.15) is 0 Å². The zero-order valence-corrected chi connectivity index (χ0v) is 47.7. The highest BCUT2D eigenvalue weighted by atomic mass is 32.1. The van der Waals surface area contributed by atoms with Crippen LogP contribution in [0, 0.1) is 19.8 Å². The van der Waals surface area contributed by atoms with Crippen molar-refractivity contribution in [3.63, 3.8) is 0 Å². The van der Waals surface area contributed by atoms with Crippen LogP contribution < -0.4 is 25.5 Å². The third-order valence-electron chi connectivity index (χ3n) is 20.6. The van der Waals surface area contributed by atoms with Crippen LogP contribution in [0.5, 0.6) is 0 Å². The molecule has 0 N–H and O–H groups in total. The summed E-state index contributed by atoms with van der Waals surface area (Å²) in [5, 5.41) is 1.44. The Morgan fingerprint density at radius 3 is 1.88 bits per heavy atom. The lowest BCUT2D eigenvalue weighted by Crippen LogP contribution is -2.60. The Morgan fingerprint density at radius 2 is 1.19 bits per heavy atom. The number of anilines is 6. The second-order valence-corrected chi connectivity index (χ2v) is 29.4. The van der Waals surface area contributed by atoms with Crippen LogP contribution in [0.15, 0.2) is 97.1 Å². The number of benzene rings is 6. The SMILES string of the molecule is Cc1ccccc1-c1cc2c3c(c1)N(c1ccc4c(c1)C(C)(C)CCC4(C)C)c1c(sc4cc5c(cc14)C1(C)CCC(C)[C@@H]5CC1)B3c1ccc(C(C)(C)C)cc1N2c1cc2c(cc1C)C(C)(C)CCC2(C)C. The molecule has 0 saturated heterocycles. The fourth-order valence-electron chi connectivity index (χ4n) is 15.4. The molecule has 5 aliphatic carbocycles. The van der Waals surface area contributed by atoms with Crippen molar-refractivity contribution in [1.82, 2.24) is 0 Å². The summed E-state index contributed by atoms with van der Waals surface area (Å²) in [7, 11) is 0. The van der Waals surface area contributed by atoms with E-state index in [9.17, 15) is 0 Å². The Morgan fingerprint density at radius 1 is 0.562 bits per heavy atom. The van der Waals surface area contributed by atoms with Gasteiger partial charge in [-0.2, -0.15) is 0 Å². The van der Waals surface area contributed by atoms with Crippen molar-refractivity contribution < 1.29 is 0 Å². The predicted molar refractivity (Wildman–Crippen MR) is 318 cm³/mol. The molecule has 2 nitrogen and oxygen atoms in total. The predicted octanol–water partition coefficient (Wildman–Crippen LogP) is 17.8. The molecule has 3 atom stereocenters. The average Bonchev–Trinajstić information content (AvgIpc) is 3.58. The number of hydrogen-bond donors (Lipinski definition) is 0. The molecule has 3 heterocycles. The van der Waals surface area contributed by atoms with E-state index >= 15 is 0 Å². The van der Waals surface area contributed by atoms with Crippen molar-refractivity contribution in [2.24, 2.45) is 5.92 Å². The molecule has 4 heteroatoms. The van der Waals surface area contributed by atoms with Gasteiger partial charge in [-0.25, -0.2) is 0 Å². The monoisotopic (exact) mass is 979 g/mol. The summed E-state index contributed by atoms with van der Waals surface area (Å²) in [6.45, 7) is 37.0. The number of fused-ring (bicyclic) bond motifs is 11. The zero-order valence-electron chi connectivity index (χ0n) is 46.9. The standard InChI is InChI=1S/C69H79BN2S/c1-40-18-16-17-19-46(40)43-33-58-61-59(34-43)72(56-39-54-52(32-42(56)3)66(9,10)30-31-68(54,13)14)57-35-44(64(4,5)6)20-23-55(57)70(61)63-62(71(58)45-21-22-50-53(36-45)67(11,12)29-28-65(50,7)8)49-37-51-48(38-60(49)73-63)47-25-27-69(51,15)26-24-41(47)2/h16-23,32-39,41,47H,24-31H2,1-15H3/t41?,47-,69?/m0/s1. The second-order valence-electron chi connectivity index (χ2n) is 28.3. The van der Waals surface area contributed by atoms with Crippen molar-refractivity contribution in [2.75, 3.05) is 9.80 Å². The number of rotatable bonds is 3. The topological polar surface area (TPSA) is 6.48 Å². The second kappa shape index (κ2) is 15.5. The van der Waals surface area contributed by atoms with E-state index in [0.717, 1.165) is 0 Å². The van der Waals surface area contributed by atoms with Crippen LogP contribution in [0.1, 0.15) is 197 Å². The van der Waals surface area contributed by atoms with Crippen molar-refractivity contribution in [3.8, 4) is 11.1 Å². The minimum atomic E-state index is -0.0304. The van der Waals surface area contributed by atoms with Crippen LogP contribution in [-0.4, -0.2) is 6.71 Å². The first kappa shape index (κ1) is 47.6.